The highest BCUT2D eigenvalue weighted by Crippen LogP contribution is 2.27. The molecule has 0 heterocycles. The highest BCUT2D eigenvalue weighted by atomic mass is 16.5. The number of aliphatic hydroxyl groups is 1. The van der Waals surface area contributed by atoms with Crippen LogP contribution >= 0.6 is 0 Å². The fraction of sp³-hybridized carbons (Fsp3) is 0.500. The van der Waals surface area contributed by atoms with Crippen molar-refractivity contribution in [3.63, 3.8) is 0 Å². The van der Waals surface area contributed by atoms with Crippen molar-refractivity contribution >= 4 is 59.4 Å². The van der Waals surface area contributed by atoms with Gasteiger partial charge in [-0.3, -0.25) is 43.2 Å². The molecule has 67 heavy (non-hydrogen) atoms. The van der Waals surface area contributed by atoms with E-state index in [0.29, 0.717) is 24.0 Å². The number of amides is 8. The molecule has 8 amide bonds. The fourth-order valence-corrected chi connectivity index (χ4v) is 7.01. The molecule has 0 aromatic heterocycles. The summed E-state index contributed by atoms with van der Waals surface area (Å²) in [5.74, 6) is -9.50. The van der Waals surface area contributed by atoms with Crippen LogP contribution in [-0.4, -0.2) is 129 Å². The molecule has 23 nitrogen and oxygen atoms in total. The minimum Gasteiger partial charge on any atom is -0.508 e. The number of nitrogens with one attached hydrogen (secondary N) is 7. The van der Waals surface area contributed by atoms with Crippen LogP contribution in [0.15, 0.2) is 54.6 Å². The first-order valence-corrected chi connectivity index (χ1v) is 21.7. The Balaban J connectivity index is 1.73. The number of carbonyl (C=O) groups is 10. The highest BCUT2D eigenvalue weighted by Gasteiger charge is 2.34. The molecule has 366 valence electrons. The van der Waals surface area contributed by atoms with Crippen LogP contribution in [0, 0.1) is 5.92 Å². The first kappa shape index (κ1) is 54.0. The first-order chi connectivity index (χ1) is 31.8. The normalized spacial score (nSPS) is 15.1. The minimum atomic E-state index is -1.76. The lowest BCUT2D eigenvalue weighted by Crippen LogP contribution is -2.60. The van der Waals surface area contributed by atoms with Crippen molar-refractivity contribution in [1.29, 1.82) is 0 Å². The molecule has 2 aromatic carbocycles. The number of alkyl carbamates (subject to hydrolysis) is 1. The van der Waals surface area contributed by atoms with E-state index in [0.717, 1.165) is 19.3 Å². The molecule has 2 aromatic rings. The number of benzene rings is 2. The molecule has 1 saturated carbocycles. The number of primary amides is 1. The Kier molecular flexibility index (Phi) is 22.5. The molecule has 6 atom stereocenters. The van der Waals surface area contributed by atoms with Crippen LogP contribution in [0.3, 0.4) is 0 Å². The van der Waals surface area contributed by atoms with Gasteiger partial charge >= 0.3 is 18.0 Å². The highest BCUT2D eigenvalue weighted by molar-refractivity contribution is 5.97. The maximum Gasteiger partial charge on any atom is 0.408 e. The van der Waals surface area contributed by atoms with Crippen LogP contribution in [0.25, 0.3) is 0 Å². The third-order valence-corrected chi connectivity index (χ3v) is 10.7. The van der Waals surface area contributed by atoms with Gasteiger partial charge < -0.3 is 68.1 Å². The van der Waals surface area contributed by atoms with Crippen molar-refractivity contribution in [3.05, 3.63) is 65.7 Å². The number of aliphatic carboxylic acids is 2. The molecule has 0 saturated heterocycles. The van der Waals surface area contributed by atoms with Crippen molar-refractivity contribution in [3.8, 4) is 5.75 Å². The van der Waals surface area contributed by atoms with Gasteiger partial charge in [-0.05, 0) is 55.4 Å². The molecule has 0 unspecified atom stereocenters. The molecular formula is C44H60N8O15. The zero-order valence-electron chi connectivity index (χ0n) is 37.0. The van der Waals surface area contributed by atoms with Crippen LogP contribution in [0.2, 0.25) is 0 Å². The number of phenols is 1. The van der Waals surface area contributed by atoms with Crippen molar-refractivity contribution in [2.75, 3.05) is 13.2 Å². The Bertz CT molecular complexity index is 2030. The van der Waals surface area contributed by atoms with Gasteiger partial charge in [0, 0.05) is 19.3 Å². The number of ether oxygens (including phenoxy) is 1. The quantitative estimate of drug-likeness (QED) is 0.0510. The van der Waals surface area contributed by atoms with Crippen LogP contribution in [0.5, 0.6) is 5.75 Å². The summed E-state index contributed by atoms with van der Waals surface area (Å²) in [7, 11) is 0. The summed E-state index contributed by atoms with van der Waals surface area (Å²) in [5.41, 5.74) is 6.58. The number of aliphatic hydroxyl groups excluding tert-OH is 1. The number of hydrogen-bond acceptors (Lipinski definition) is 13. The van der Waals surface area contributed by atoms with E-state index < -0.39 is 128 Å². The van der Waals surface area contributed by atoms with Gasteiger partial charge in [-0.2, -0.15) is 0 Å². The molecule has 13 N–H and O–H groups in total. The van der Waals surface area contributed by atoms with E-state index in [1.165, 1.54) is 31.2 Å². The molecule has 0 aliphatic heterocycles. The second-order valence-electron chi connectivity index (χ2n) is 16.1. The fourth-order valence-electron chi connectivity index (χ4n) is 7.01. The van der Waals surface area contributed by atoms with Crippen molar-refractivity contribution in [2.45, 2.75) is 120 Å². The lowest BCUT2D eigenvalue weighted by Gasteiger charge is -2.29. The molecule has 0 spiro atoms. The van der Waals surface area contributed by atoms with Crippen LogP contribution < -0.4 is 43.0 Å². The Morgan fingerprint density at radius 2 is 1.18 bits per heavy atom. The lowest BCUT2D eigenvalue weighted by atomic mass is 9.84. The zero-order valence-corrected chi connectivity index (χ0v) is 37.0. The summed E-state index contributed by atoms with van der Waals surface area (Å²) >= 11 is 0. The molecule has 0 radical (unpaired) electrons. The van der Waals surface area contributed by atoms with Gasteiger partial charge in [-0.25, -0.2) is 4.79 Å². The average Bonchev–Trinajstić information content (AvgIpc) is 3.29. The third kappa shape index (κ3) is 20.2. The van der Waals surface area contributed by atoms with E-state index in [1.807, 2.05) is 0 Å². The van der Waals surface area contributed by atoms with E-state index in [-0.39, 0.29) is 37.5 Å². The maximum absolute atomic E-state index is 14.1. The number of phenolic OH excluding ortho intramolecular Hbond substituents is 1. The number of carboxylic acids is 2. The monoisotopic (exact) mass is 940 g/mol. The van der Waals surface area contributed by atoms with Gasteiger partial charge in [0.2, 0.25) is 41.4 Å². The predicted molar refractivity (Wildman–Crippen MR) is 235 cm³/mol. The molecule has 3 rings (SSSR count). The van der Waals surface area contributed by atoms with Gasteiger partial charge in [0.25, 0.3) is 0 Å². The second-order valence-corrected chi connectivity index (χ2v) is 16.1. The van der Waals surface area contributed by atoms with E-state index in [4.69, 9.17) is 15.6 Å². The molecular weight excluding hydrogens is 881 g/mol. The minimum absolute atomic E-state index is 0.0613. The Hall–Kier alpha value is -7.30. The molecule has 1 fully saturated rings. The number of nitrogens with two attached hydrogens (primary N) is 1. The SMILES string of the molecule is C[C@H](NC(=O)OCc1ccccc1)C(=O)NCC(=O)N[C@@H](CCC(=O)O)C(=O)N[C@@H](CO)C(=O)N[C@@H](CC1CCCCC1)C(=O)N[C@@H](Cc1ccc(O)cc1)C(=O)N[C@@H](CCC(=O)O)C(N)=O. The van der Waals surface area contributed by atoms with Gasteiger partial charge in [0.1, 0.15) is 48.6 Å². The van der Waals surface area contributed by atoms with Gasteiger partial charge in [0.15, 0.2) is 0 Å². The number of aromatic hydroxyl groups is 1. The van der Waals surface area contributed by atoms with E-state index in [9.17, 15) is 63.3 Å². The summed E-state index contributed by atoms with van der Waals surface area (Å²) in [6, 6.07) is 5.61. The molecule has 23 heteroatoms. The Labute approximate surface area is 385 Å². The zero-order chi connectivity index (χ0) is 49.5. The summed E-state index contributed by atoms with van der Waals surface area (Å²) in [4.78, 5) is 128. The Morgan fingerprint density at radius 3 is 1.78 bits per heavy atom. The smallest absolute Gasteiger partial charge is 0.408 e. The van der Waals surface area contributed by atoms with Crippen LogP contribution in [-0.2, 0) is 60.9 Å². The van der Waals surface area contributed by atoms with Crippen LogP contribution in [0.4, 0.5) is 4.79 Å². The van der Waals surface area contributed by atoms with Crippen molar-refractivity contribution in [1.82, 2.24) is 37.2 Å². The number of carboxylic acid groups (broad SMARTS) is 2. The summed E-state index contributed by atoms with van der Waals surface area (Å²) < 4.78 is 5.09. The van der Waals surface area contributed by atoms with Gasteiger partial charge in [-0.15, -0.1) is 0 Å². The maximum atomic E-state index is 14.1. The van der Waals surface area contributed by atoms with Gasteiger partial charge in [0.05, 0.1) is 13.2 Å². The predicted octanol–water partition coefficient (Wildman–Crippen LogP) is -1.03. The third-order valence-electron chi connectivity index (χ3n) is 10.7. The molecule has 1 aliphatic rings. The summed E-state index contributed by atoms with van der Waals surface area (Å²) in [5, 5.41) is 55.2. The van der Waals surface area contributed by atoms with Crippen LogP contribution in [0.1, 0.15) is 82.3 Å². The number of carbonyl (C=O) groups excluding carboxylic acids is 8. The number of hydrogen-bond donors (Lipinski definition) is 12. The van der Waals surface area contributed by atoms with Gasteiger partial charge in [-0.1, -0.05) is 74.6 Å². The van der Waals surface area contributed by atoms with E-state index in [2.05, 4.69) is 37.2 Å². The van der Waals surface area contributed by atoms with E-state index >= 15 is 0 Å². The van der Waals surface area contributed by atoms with E-state index in [1.54, 1.807) is 30.3 Å². The number of rotatable bonds is 27. The molecule has 0 bridgehead atoms. The van der Waals surface area contributed by atoms with Crippen molar-refractivity contribution < 1.29 is 73.1 Å². The first-order valence-electron chi connectivity index (χ1n) is 21.7. The largest absolute Gasteiger partial charge is 0.508 e. The summed E-state index contributed by atoms with van der Waals surface area (Å²) in [6.07, 6.45) is 0.989. The lowest BCUT2D eigenvalue weighted by molar-refractivity contribution is -0.139. The Morgan fingerprint density at radius 1 is 0.642 bits per heavy atom. The van der Waals surface area contributed by atoms with Crippen molar-refractivity contribution in [2.24, 2.45) is 11.7 Å². The summed E-state index contributed by atoms with van der Waals surface area (Å²) in [6.45, 7) is -0.492. The standard InChI is InChI=1S/C44H60N8O15/c1-25(47-44(66)67-24-28-10-6-3-7-11-28)39(61)46-22-35(55)48-31(17-19-37(58)59)40(62)52-34(23-53)43(65)51-32(20-26-8-4-2-5-9-26)42(64)50-33(21-27-12-14-29(54)15-13-27)41(63)49-30(38(45)60)16-18-36(56)57/h3,6-7,10-15,25-26,30-34,53-54H,2,4-5,8-9,16-24H2,1H3,(H2,45,60)(H,46,61)(H,47,66)(H,48,55)(H,49,63)(H,50,64)(H,51,65)(H,52,62)(H,56,57)(H,58,59)/t25-,30-,31-,32-,33-,34-/m0/s1. The topological polar surface area (TPSA) is 371 Å². The second kappa shape index (κ2) is 27.9. The average molecular weight is 941 g/mol. The molecule has 1 aliphatic carbocycles.